The van der Waals surface area contributed by atoms with Crippen molar-refractivity contribution in [1.29, 1.82) is 0 Å². The van der Waals surface area contributed by atoms with Crippen LogP contribution < -0.4 is 10.6 Å². The van der Waals surface area contributed by atoms with Gasteiger partial charge in [0.2, 0.25) is 0 Å². The predicted molar refractivity (Wildman–Crippen MR) is 80.7 cm³/mol. The summed E-state index contributed by atoms with van der Waals surface area (Å²) in [5.74, 6) is 0. The van der Waals surface area contributed by atoms with Crippen LogP contribution in [-0.2, 0) is 13.5 Å². The number of nitrogens with zero attached hydrogens (tertiary/aromatic N) is 2. The number of urea groups is 1. The molecule has 2 amide bonds. The Labute approximate surface area is 119 Å². The molecular formula is C15H22N4O. The van der Waals surface area contributed by atoms with Crippen molar-refractivity contribution >= 4 is 17.1 Å². The molecule has 0 spiro atoms. The minimum atomic E-state index is -0.215. The molecule has 20 heavy (non-hydrogen) atoms. The van der Waals surface area contributed by atoms with Crippen LogP contribution in [0.25, 0.3) is 11.0 Å². The highest BCUT2D eigenvalue weighted by atomic mass is 16.2. The molecule has 2 N–H and O–H groups in total. The van der Waals surface area contributed by atoms with Gasteiger partial charge in [0.1, 0.15) is 5.65 Å². The van der Waals surface area contributed by atoms with Gasteiger partial charge in [0.25, 0.3) is 0 Å². The Morgan fingerprint density at radius 2 is 2.15 bits per heavy atom. The van der Waals surface area contributed by atoms with Crippen molar-refractivity contribution in [3.8, 4) is 0 Å². The third-order valence-electron chi connectivity index (χ3n) is 2.98. The number of carbonyl (C=O) groups is 1. The Kier molecular flexibility index (Phi) is 3.97. The fraction of sp³-hybridized carbons (Fsp3) is 0.467. The van der Waals surface area contributed by atoms with Gasteiger partial charge in [0.15, 0.2) is 0 Å². The van der Waals surface area contributed by atoms with Gasteiger partial charge in [-0.05, 0) is 44.9 Å². The highest BCUT2D eigenvalue weighted by Crippen LogP contribution is 2.18. The Balaban J connectivity index is 1.95. The number of amides is 2. The molecule has 0 radical (unpaired) electrons. The third-order valence-corrected chi connectivity index (χ3v) is 2.98. The summed E-state index contributed by atoms with van der Waals surface area (Å²) in [6.45, 7) is 6.49. The highest BCUT2D eigenvalue weighted by molar-refractivity contribution is 5.80. The molecule has 0 aromatic carbocycles. The zero-order valence-corrected chi connectivity index (χ0v) is 12.5. The van der Waals surface area contributed by atoms with Crippen molar-refractivity contribution in [2.24, 2.45) is 7.05 Å². The number of aryl methyl sites for hydroxylation is 1. The highest BCUT2D eigenvalue weighted by Gasteiger charge is 2.13. The molecule has 0 bridgehead atoms. The average Bonchev–Trinajstić information content (AvgIpc) is 2.65. The first-order valence-corrected chi connectivity index (χ1v) is 6.82. The Hall–Kier alpha value is -2.04. The number of rotatable bonds is 3. The lowest BCUT2D eigenvalue weighted by Crippen LogP contribution is -2.46. The summed E-state index contributed by atoms with van der Waals surface area (Å²) in [7, 11) is 1.98. The summed E-state index contributed by atoms with van der Waals surface area (Å²) in [6.07, 6.45) is 4.66. The smallest absolute Gasteiger partial charge is 0.315 e. The SMILES string of the molecule is Cn1cc(CCNC(=O)NC(C)(C)C)c2cccnc21. The molecule has 2 rings (SSSR count). The number of carbonyl (C=O) groups excluding carboxylic acids is 1. The van der Waals surface area contributed by atoms with Gasteiger partial charge in [-0.1, -0.05) is 0 Å². The quantitative estimate of drug-likeness (QED) is 0.901. The van der Waals surface area contributed by atoms with Crippen molar-refractivity contribution in [2.75, 3.05) is 6.54 Å². The van der Waals surface area contributed by atoms with Crippen LogP contribution in [0.3, 0.4) is 0 Å². The van der Waals surface area contributed by atoms with Gasteiger partial charge < -0.3 is 15.2 Å². The van der Waals surface area contributed by atoms with E-state index in [2.05, 4.69) is 27.9 Å². The molecular weight excluding hydrogens is 252 g/mol. The standard InChI is InChI=1S/C15H22N4O/c1-15(2,3)18-14(20)17-9-7-11-10-19(4)13-12(11)6-5-8-16-13/h5-6,8,10H,7,9H2,1-4H3,(H2,17,18,20). The number of pyridine rings is 1. The van der Waals surface area contributed by atoms with Gasteiger partial charge in [-0.3, -0.25) is 0 Å². The van der Waals surface area contributed by atoms with Crippen LogP contribution in [0, 0.1) is 0 Å². The summed E-state index contributed by atoms with van der Waals surface area (Å²) in [5.41, 5.74) is 1.96. The van der Waals surface area contributed by atoms with E-state index in [-0.39, 0.29) is 11.6 Å². The van der Waals surface area contributed by atoms with E-state index in [0.29, 0.717) is 6.54 Å². The number of nitrogens with one attached hydrogen (secondary N) is 2. The van der Waals surface area contributed by atoms with Crippen molar-refractivity contribution in [1.82, 2.24) is 20.2 Å². The van der Waals surface area contributed by atoms with E-state index in [0.717, 1.165) is 17.5 Å². The van der Waals surface area contributed by atoms with Crippen LogP contribution in [-0.4, -0.2) is 27.7 Å². The van der Waals surface area contributed by atoms with Gasteiger partial charge in [0.05, 0.1) is 0 Å². The largest absolute Gasteiger partial charge is 0.338 e. The lowest BCUT2D eigenvalue weighted by atomic mass is 10.1. The number of hydrogen-bond acceptors (Lipinski definition) is 2. The number of fused-ring (bicyclic) bond motifs is 1. The second-order valence-corrected chi connectivity index (χ2v) is 6.02. The zero-order valence-electron chi connectivity index (χ0n) is 12.5. The normalized spacial score (nSPS) is 11.6. The summed E-state index contributed by atoms with van der Waals surface area (Å²) in [5, 5.41) is 6.91. The van der Waals surface area contributed by atoms with E-state index >= 15 is 0 Å². The van der Waals surface area contributed by atoms with Crippen LogP contribution in [0.2, 0.25) is 0 Å². The maximum atomic E-state index is 11.7. The maximum absolute atomic E-state index is 11.7. The molecule has 2 heterocycles. The molecule has 0 aliphatic heterocycles. The van der Waals surface area contributed by atoms with Crippen molar-refractivity contribution < 1.29 is 4.79 Å². The van der Waals surface area contributed by atoms with E-state index < -0.39 is 0 Å². The predicted octanol–water partition coefficient (Wildman–Crippen LogP) is 2.21. The third kappa shape index (κ3) is 3.50. The van der Waals surface area contributed by atoms with Crippen LogP contribution >= 0.6 is 0 Å². The van der Waals surface area contributed by atoms with Crippen molar-refractivity contribution in [2.45, 2.75) is 32.7 Å². The van der Waals surface area contributed by atoms with Crippen molar-refractivity contribution in [3.05, 3.63) is 30.1 Å². The maximum Gasteiger partial charge on any atom is 0.315 e. The molecule has 0 atom stereocenters. The van der Waals surface area contributed by atoms with E-state index in [1.54, 1.807) is 6.20 Å². The lowest BCUT2D eigenvalue weighted by Gasteiger charge is -2.20. The molecule has 5 nitrogen and oxygen atoms in total. The van der Waals surface area contributed by atoms with E-state index in [9.17, 15) is 4.79 Å². The van der Waals surface area contributed by atoms with Crippen LogP contribution in [0.4, 0.5) is 4.79 Å². The number of hydrogen-bond donors (Lipinski definition) is 2. The lowest BCUT2D eigenvalue weighted by molar-refractivity contribution is 0.232. The fourth-order valence-electron chi connectivity index (χ4n) is 2.19. The fourth-order valence-corrected chi connectivity index (χ4v) is 2.19. The van der Waals surface area contributed by atoms with Gasteiger partial charge in [-0.15, -0.1) is 0 Å². The Bertz CT molecular complexity index is 610. The molecule has 108 valence electrons. The summed E-state index contributed by atoms with van der Waals surface area (Å²) < 4.78 is 2.01. The Morgan fingerprint density at radius 1 is 1.40 bits per heavy atom. The molecule has 0 saturated carbocycles. The van der Waals surface area contributed by atoms with Crippen molar-refractivity contribution in [3.63, 3.8) is 0 Å². The number of aromatic nitrogens is 2. The molecule has 0 unspecified atom stereocenters. The van der Waals surface area contributed by atoms with Crippen LogP contribution in [0.5, 0.6) is 0 Å². The minimum Gasteiger partial charge on any atom is -0.338 e. The summed E-state index contributed by atoms with van der Waals surface area (Å²) in [6, 6.07) is 3.87. The molecule has 2 aromatic heterocycles. The monoisotopic (exact) mass is 274 g/mol. The van der Waals surface area contributed by atoms with Crippen LogP contribution in [0.15, 0.2) is 24.5 Å². The summed E-state index contributed by atoms with van der Waals surface area (Å²) in [4.78, 5) is 16.0. The first-order chi connectivity index (χ1) is 9.37. The van der Waals surface area contributed by atoms with Gasteiger partial charge in [-0.2, -0.15) is 0 Å². The second kappa shape index (κ2) is 5.53. The van der Waals surface area contributed by atoms with E-state index in [1.807, 2.05) is 38.5 Å². The molecule has 0 aliphatic rings. The molecule has 0 saturated heterocycles. The van der Waals surface area contributed by atoms with Crippen LogP contribution in [0.1, 0.15) is 26.3 Å². The summed E-state index contributed by atoms with van der Waals surface area (Å²) >= 11 is 0. The first-order valence-electron chi connectivity index (χ1n) is 6.82. The zero-order chi connectivity index (χ0) is 14.8. The molecule has 2 aromatic rings. The van der Waals surface area contributed by atoms with E-state index in [1.165, 1.54) is 5.56 Å². The molecule has 0 fully saturated rings. The Morgan fingerprint density at radius 3 is 2.85 bits per heavy atom. The topological polar surface area (TPSA) is 59.0 Å². The second-order valence-electron chi connectivity index (χ2n) is 6.02. The van der Waals surface area contributed by atoms with Gasteiger partial charge in [-0.25, -0.2) is 9.78 Å². The molecule has 0 aliphatic carbocycles. The minimum absolute atomic E-state index is 0.129. The average molecular weight is 274 g/mol. The van der Waals surface area contributed by atoms with Gasteiger partial charge in [0, 0.05) is 36.9 Å². The van der Waals surface area contributed by atoms with E-state index in [4.69, 9.17) is 0 Å². The first kappa shape index (κ1) is 14.4. The van der Waals surface area contributed by atoms with Gasteiger partial charge >= 0.3 is 6.03 Å². The molecule has 5 heteroatoms.